The average molecular weight is 311 g/mol. The summed E-state index contributed by atoms with van der Waals surface area (Å²) >= 11 is 0. The van der Waals surface area contributed by atoms with Crippen LogP contribution in [0.1, 0.15) is 30.9 Å². The van der Waals surface area contributed by atoms with Crippen molar-refractivity contribution in [3.63, 3.8) is 0 Å². The van der Waals surface area contributed by atoms with Gasteiger partial charge < -0.3 is 10.6 Å². The maximum atomic E-state index is 12.4. The molecule has 118 valence electrons. The largest absolute Gasteiger partial charge is 0.326 e. The quantitative estimate of drug-likeness (QED) is 0.824. The SMILES string of the molecule is CCc1ccc(S(=O)(=O)NCC2CCCN2C)cc1CN. The summed E-state index contributed by atoms with van der Waals surface area (Å²) in [5.41, 5.74) is 7.71. The first-order valence-corrected chi connectivity index (χ1v) is 8.98. The molecule has 1 atom stereocenters. The van der Waals surface area contributed by atoms with Gasteiger partial charge in [-0.25, -0.2) is 13.1 Å². The van der Waals surface area contributed by atoms with Gasteiger partial charge in [-0.3, -0.25) is 0 Å². The molecule has 3 N–H and O–H groups in total. The number of nitrogens with zero attached hydrogens (tertiary/aromatic N) is 1. The summed E-state index contributed by atoms with van der Waals surface area (Å²) in [5.74, 6) is 0. The Morgan fingerprint density at radius 2 is 2.14 bits per heavy atom. The summed E-state index contributed by atoms with van der Waals surface area (Å²) < 4.78 is 27.5. The molecule has 1 aromatic carbocycles. The van der Waals surface area contributed by atoms with Gasteiger partial charge in [0.25, 0.3) is 0 Å². The molecule has 6 heteroatoms. The first-order chi connectivity index (χ1) is 9.97. The first kappa shape index (κ1) is 16.4. The lowest BCUT2D eigenvalue weighted by atomic mass is 10.1. The molecule has 1 saturated heterocycles. The molecule has 2 rings (SSSR count). The van der Waals surface area contributed by atoms with Crippen LogP contribution in [0.3, 0.4) is 0 Å². The predicted octanol–water partition coefficient (Wildman–Crippen LogP) is 1.08. The third-order valence-electron chi connectivity index (χ3n) is 4.27. The van der Waals surface area contributed by atoms with E-state index in [1.54, 1.807) is 12.1 Å². The highest BCUT2D eigenvalue weighted by molar-refractivity contribution is 7.89. The molecule has 1 aliphatic rings. The van der Waals surface area contributed by atoms with Crippen LogP contribution in [0.25, 0.3) is 0 Å². The maximum Gasteiger partial charge on any atom is 0.240 e. The molecule has 1 heterocycles. The van der Waals surface area contributed by atoms with E-state index in [2.05, 4.69) is 9.62 Å². The number of likely N-dealkylation sites (tertiary alicyclic amines) is 1. The van der Waals surface area contributed by atoms with Crippen LogP contribution < -0.4 is 10.5 Å². The van der Waals surface area contributed by atoms with Crippen molar-refractivity contribution >= 4 is 10.0 Å². The number of hydrogen-bond donors (Lipinski definition) is 2. The molecular weight excluding hydrogens is 286 g/mol. The smallest absolute Gasteiger partial charge is 0.240 e. The molecule has 1 aromatic rings. The minimum absolute atomic E-state index is 0.295. The Kier molecular flexibility index (Phi) is 5.37. The minimum Gasteiger partial charge on any atom is -0.326 e. The third-order valence-corrected chi connectivity index (χ3v) is 5.69. The van der Waals surface area contributed by atoms with Crippen LogP contribution in [0.5, 0.6) is 0 Å². The van der Waals surface area contributed by atoms with Crippen LogP contribution in [-0.2, 0) is 23.0 Å². The topological polar surface area (TPSA) is 75.4 Å². The Labute approximate surface area is 127 Å². The summed E-state index contributed by atoms with van der Waals surface area (Å²) in [7, 11) is -1.42. The van der Waals surface area contributed by atoms with Crippen LogP contribution in [0.4, 0.5) is 0 Å². The van der Waals surface area contributed by atoms with Gasteiger partial charge in [0.05, 0.1) is 4.90 Å². The zero-order valence-corrected chi connectivity index (χ0v) is 13.6. The van der Waals surface area contributed by atoms with Gasteiger partial charge in [-0.1, -0.05) is 13.0 Å². The van der Waals surface area contributed by atoms with Crippen LogP contribution >= 0.6 is 0 Å². The van der Waals surface area contributed by atoms with Gasteiger partial charge in [0, 0.05) is 19.1 Å². The van der Waals surface area contributed by atoms with E-state index in [0.29, 0.717) is 24.0 Å². The molecule has 21 heavy (non-hydrogen) atoms. The van der Waals surface area contributed by atoms with E-state index >= 15 is 0 Å². The average Bonchev–Trinajstić information content (AvgIpc) is 2.89. The number of likely N-dealkylation sites (N-methyl/N-ethyl adjacent to an activating group) is 1. The highest BCUT2D eigenvalue weighted by Gasteiger charge is 2.23. The van der Waals surface area contributed by atoms with Gasteiger partial charge in [0.15, 0.2) is 0 Å². The van der Waals surface area contributed by atoms with Crippen molar-refractivity contribution in [1.82, 2.24) is 9.62 Å². The van der Waals surface area contributed by atoms with E-state index in [9.17, 15) is 8.42 Å². The number of hydrogen-bond acceptors (Lipinski definition) is 4. The number of sulfonamides is 1. The van der Waals surface area contributed by atoms with Crippen LogP contribution in [0.15, 0.2) is 23.1 Å². The molecule has 0 aromatic heterocycles. The number of benzene rings is 1. The second kappa shape index (κ2) is 6.87. The second-order valence-corrected chi connectivity index (χ2v) is 7.38. The highest BCUT2D eigenvalue weighted by atomic mass is 32.2. The van der Waals surface area contributed by atoms with Gasteiger partial charge in [0.2, 0.25) is 10.0 Å². The summed E-state index contributed by atoms with van der Waals surface area (Å²) in [4.78, 5) is 2.51. The molecular formula is C15H25N3O2S. The van der Waals surface area contributed by atoms with Crippen LogP contribution in [0.2, 0.25) is 0 Å². The second-order valence-electron chi connectivity index (χ2n) is 5.62. The van der Waals surface area contributed by atoms with E-state index in [1.165, 1.54) is 0 Å². The van der Waals surface area contributed by atoms with Crippen molar-refractivity contribution in [3.05, 3.63) is 29.3 Å². The van der Waals surface area contributed by atoms with E-state index in [1.807, 2.05) is 20.0 Å². The summed E-state index contributed by atoms with van der Waals surface area (Å²) in [6.07, 6.45) is 3.03. The van der Waals surface area contributed by atoms with Gasteiger partial charge in [-0.2, -0.15) is 0 Å². The molecule has 1 aliphatic heterocycles. The molecule has 0 amide bonds. The molecule has 0 radical (unpaired) electrons. The zero-order valence-electron chi connectivity index (χ0n) is 12.8. The number of nitrogens with two attached hydrogens (primary N) is 1. The molecule has 0 saturated carbocycles. The van der Waals surface area contributed by atoms with Crippen LogP contribution in [-0.4, -0.2) is 39.5 Å². The van der Waals surface area contributed by atoms with Gasteiger partial charge >= 0.3 is 0 Å². The molecule has 5 nitrogen and oxygen atoms in total. The van der Waals surface area contributed by atoms with E-state index < -0.39 is 10.0 Å². The van der Waals surface area contributed by atoms with Crippen LogP contribution in [0, 0.1) is 0 Å². The van der Waals surface area contributed by atoms with Crippen molar-refractivity contribution in [3.8, 4) is 0 Å². The molecule has 0 bridgehead atoms. The van der Waals surface area contributed by atoms with E-state index in [4.69, 9.17) is 5.73 Å². The summed E-state index contributed by atoms with van der Waals surface area (Å²) in [6.45, 7) is 3.90. The Bertz CT molecular complexity index is 587. The fourth-order valence-corrected chi connectivity index (χ4v) is 3.95. The van der Waals surface area contributed by atoms with Gasteiger partial charge in [-0.15, -0.1) is 0 Å². The lowest BCUT2D eigenvalue weighted by Gasteiger charge is -2.20. The molecule has 1 unspecified atom stereocenters. The van der Waals surface area contributed by atoms with E-state index in [-0.39, 0.29) is 0 Å². The van der Waals surface area contributed by atoms with Crippen molar-refractivity contribution in [2.45, 2.75) is 43.7 Å². The fraction of sp³-hybridized carbons (Fsp3) is 0.600. The first-order valence-electron chi connectivity index (χ1n) is 7.49. The fourth-order valence-electron chi connectivity index (χ4n) is 2.83. The van der Waals surface area contributed by atoms with Crippen molar-refractivity contribution in [2.24, 2.45) is 5.73 Å². The lowest BCUT2D eigenvalue weighted by Crippen LogP contribution is -2.38. The maximum absolute atomic E-state index is 12.4. The van der Waals surface area contributed by atoms with Crippen molar-refractivity contribution in [2.75, 3.05) is 20.1 Å². The highest BCUT2D eigenvalue weighted by Crippen LogP contribution is 2.18. The Hall–Kier alpha value is -0.950. The van der Waals surface area contributed by atoms with E-state index in [0.717, 1.165) is 36.9 Å². The Balaban J connectivity index is 2.11. The predicted molar refractivity (Wildman–Crippen MR) is 84.6 cm³/mol. The minimum atomic E-state index is -3.46. The number of aryl methyl sites for hydroxylation is 1. The Morgan fingerprint density at radius 1 is 1.38 bits per heavy atom. The molecule has 0 spiro atoms. The lowest BCUT2D eigenvalue weighted by molar-refractivity contribution is 0.311. The number of nitrogens with one attached hydrogen (secondary N) is 1. The monoisotopic (exact) mass is 311 g/mol. The standard InChI is InChI=1S/C15H25N3O2S/c1-3-12-6-7-15(9-13(12)10-16)21(19,20)17-11-14-5-4-8-18(14)2/h6-7,9,14,17H,3-5,8,10-11,16H2,1-2H3. The third kappa shape index (κ3) is 3.83. The normalized spacial score (nSPS) is 20.0. The Morgan fingerprint density at radius 3 is 2.71 bits per heavy atom. The summed E-state index contributed by atoms with van der Waals surface area (Å²) in [6, 6.07) is 5.51. The van der Waals surface area contributed by atoms with Crippen molar-refractivity contribution < 1.29 is 8.42 Å². The van der Waals surface area contributed by atoms with Gasteiger partial charge in [-0.05, 0) is 56.1 Å². The van der Waals surface area contributed by atoms with Crippen molar-refractivity contribution in [1.29, 1.82) is 0 Å². The van der Waals surface area contributed by atoms with Gasteiger partial charge in [0.1, 0.15) is 0 Å². The molecule has 1 fully saturated rings. The zero-order chi connectivity index (χ0) is 15.5. The summed E-state index contributed by atoms with van der Waals surface area (Å²) in [5, 5.41) is 0. The molecule has 0 aliphatic carbocycles. The number of rotatable bonds is 6.